The van der Waals surface area contributed by atoms with Gasteiger partial charge in [0.05, 0.1) is 0 Å². The summed E-state index contributed by atoms with van der Waals surface area (Å²) in [4.78, 5) is 27.4. The molecule has 1 saturated heterocycles. The van der Waals surface area contributed by atoms with Gasteiger partial charge in [-0.05, 0) is 48.9 Å². The minimum Gasteiger partial charge on any atom is -0.366 e. The third-order valence-corrected chi connectivity index (χ3v) is 5.72. The summed E-state index contributed by atoms with van der Waals surface area (Å²) in [5, 5.41) is 12.4. The molecule has 0 unspecified atom stereocenters. The highest BCUT2D eigenvalue weighted by Gasteiger charge is 2.35. The number of piperidine rings is 1. The Morgan fingerprint density at radius 1 is 1.07 bits per heavy atom. The highest BCUT2D eigenvalue weighted by Crippen LogP contribution is 2.35. The van der Waals surface area contributed by atoms with E-state index in [4.69, 9.17) is 5.73 Å². The van der Waals surface area contributed by atoms with Gasteiger partial charge < -0.3 is 10.6 Å². The third-order valence-electron chi connectivity index (χ3n) is 5.72. The van der Waals surface area contributed by atoms with Crippen LogP contribution in [-0.2, 0) is 11.3 Å². The van der Waals surface area contributed by atoms with Crippen LogP contribution >= 0.6 is 0 Å². The Morgan fingerprint density at radius 3 is 2.59 bits per heavy atom. The minimum atomic E-state index is -0.480. The van der Waals surface area contributed by atoms with E-state index >= 15 is 0 Å². The van der Waals surface area contributed by atoms with Gasteiger partial charge in [-0.2, -0.15) is 4.80 Å². The lowest BCUT2D eigenvalue weighted by Gasteiger charge is -2.44. The van der Waals surface area contributed by atoms with Crippen molar-refractivity contribution < 1.29 is 9.59 Å². The van der Waals surface area contributed by atoms with Gasteiger partial charge in [-0.3, -0.25) is 9.59 Å². The van der Waals surface area contributed by atoms with E-state index in [9.17, 15) is 9.59 Å². The summed E-state index contributed by atoms with van der Waals surface area (Å²) in [5.74, 6) is 0.665. The number of nitrogens with zero attached hydrogens (tertiary/aromatic N) is 5. The van der Waals surface area contributed by atoms with Gasteiger partial charge in [0.2, 0.25) is 17.6 Å². The minimum absolute atomic E-state index is 0.0691. The summed E-state index contributed by atoms with van der Waals surface area (Å²) in [6.07, 6.45) is 7.15. The van der Waals surface area contributed by atoms with Crippen molar-refractivity contribution in [3.8, 4) is 11.4 Å². The number of primary amides is 1. The van der Waals surface area contributed by atoms with E-state index in [1.54, 1.807) is 24.3 Å². The topological polar surface area (TPSA) is 107 Å². The maximum Gasteiger partial charge on any atom is 0.248 e. The summed E-state index contributed by atoms with van der Waals surface area (Å²) >= 11 is 0. The first-order valence-corrected chi connectivity index (χ1v) is 9.59. The zero-order chi connectivity index (χ0) is 18.8. The van der Waals surface area contributed by atoms with Crippen LogP contribution in [0.4, 0.5) is 0 Å². The number of benzene rings is 1. The number of carbonyl (C=O) groups is 2. The molecule has 2 N–H and O–H groups in total. The molecule has 1 aromatic heterocycles. The van der Waals surface area contributed by atoms with Gasteiger partial charge >= 0.3 is 0 Å². The number of aromatic nitrogens is 4. The fourth-order valence-electron chi connectivity index (χ4n) is 4.36. The van der Waals surface area contributed by atoms with Crippen LogP contribution in [0.25, 0.3) is 11.4 Å². The van der Waals surface area contributed by atoms with E-state index in [2.05, 4.69) is 15.4 Å². The molecule has 2 aromatic rings. The summed E-state index contributed by atoms with van der Waals surface area (Å²) in [5.41, 5.74) is 6.40. The van der Waals surface area contributed by atoms with Gasteiger partial charge in [0.1, 0.15) is 6.54 Å². The molecule has 1 saturated carbocycles. The van der Waals surface area contributed by atoms with Crippen LogP contribution in [0.3, 0.4) is 0 Å². The zero-order valence-electron chi connectivity index (χ0n) is 15.3. The van der Waals surface area contributed by atoms with E-state index in [1.165, 1.54) is 30.5 Å². The monoisotopic (exact) mass is 368 g/mol. The highest BCUT2D eigenvalue weighted by molar-refractivity contribution is 5.93. The first kappa shape index (κ1) is 17.6. The van der Waals surface area contributed by atoms with E-state index < -0.39 is 5.91 Å². The van der Waals surface area contributed by atoms with Crippen molar-refractivity contribution in [3.63, 3.8) is 0 Å². The van der Waals surface area contributed by atoms with Crippen LogP contribution in [0.2, 0.25) is 0 Å². The third kappa shape index (κ3) is 3.70. The number of likely N-dealkylation sites (tertiary alicyclic amines) is 1. The molecule has 2 heterocycles. The lowest BCUT2D eigenvalue weighted by Crippen LogP contribution is -2.50. The predicted octanol–water partition coefficient (Wildman–Crippen LogP) is 1.62. The Labute approximate surface area is 157 Å². The number of fused-ring (bicyclic) bond motifs is 1. The molecule has 8 heteroatoms. The number of hydrogen-bond donors (Lipinski definition) is 1. The van der Waals surface area contributed by atoms with Crippen LogP contribution in [0.5, 0.6) is 0 Å². The smallest absolute Gasteiger partial charge is 0.248 e. The van der Waals surface area contributed by atoms with Crippen molar-refractivity contribution in [2.45, 2.75) is 51.1 Å². The number of tetrazole rings is 1. The summed E-state index contributed by atoms with van der Waals surface area (Å²) < 4.78 is 0. The molecule has 0 bridgehead atoms. The molecule has 142 valence electrons. The lowest BCUT2D eigenvalue weighted by molar-refractivity contribution is -0.138. The molecule has 2 amide bonds. The number of amides is 2. The molecule has 2 fully saturated rings. The Kier molecular flexibility index (Phi) is 4.87. The maximum atomic E-state index is 12.8. The summed E-state index contributed by atoms with van der Waals surface area (Å²) in [6, 6.07) is 7.08. The largest absolute Gasteiger partial charge is 0.366 e. The number of nitrogens with two attached hydrogens (primary N) is 1. The molecule has 0 spiro atoms. The molecule has 1 aliphatic carbocycles. The average Bonchev–Trinajstić information content (AvgIpc) is 3.16. The Morgan fingerprint density at radius 2 is 1.81 bits per heavy atom. The number of carbonyl (C=O) groups excluding carboxylic acids is 2. The van der Waals surface area contributed by atoms with Crippen molar-refractivity contribution in [1.82, 2.24) is 25.1 Å². The lowest BCUT2D eigenvalue weighted by atomic mass is 9.78. The molecule has 1 aromatic carbocycles. The molecule has 27 heavy (non-hydrogen) atoms. The number of rotatable bonds is 4. The SMILES string of the molecule is NC(=O)c1ccc(-c2nnn(CC(=O)N3CCC[C@H]4CCCC[C@H]43)n2)cc1. The second-order valence-electron chi connectivity index (χ2n) is 7.43. The molecular formula is C19H24N6O2. The molecular weight excluding hydrogens is 344 g/mol. The van der Waals surface area contributed by atoms with Crippen molar-refractivity contribution in [3.05, 3.63) is 29.8 Å². The summed E-state index contributed by atoms with van der Waals surface area (Å²) in [6.45, 7) is 0.936. The molecule has 2 aliphatic rings. The van der Waals surface area contributed by atoms with Gasteiger partial charge in [-0.15, -0.1) is 10.2 Å². The van der Waals surface area contributed by atoms with E-state index in [0.29, 0.717) is 23.3 Å². The number of hydrogen-bond acceptors (Lipinski definition) is 5. The Balaban J connectivity index is 1.44. The molecule has 2 atom stereocenters. The molecule has 4 rings (SSSR count). The quantitative estimate of drug-likeness (QED) is 0.882. The molecule has 8 nitrogen and oxygen atoms in total. The van der Waals surface area contributed by atoms with Crippen LogP contribution in [-0.4, -0.2) is 49.5 Å². The Hall–Kier alpha value is -2.77. The van der Waals surface area contributed by atoms with E-state index in [1.807, 2.05) is 4.90 Å². The second kappa shape index (κ2) is 7.46. The van der Waals surface area contributed by atoms with Crippen molar-refractivity contribution >= 4 is 11.8 Å². The van der Waals surface area contributed by atoms with Crippen molar-refractivity contribution in [1.29, 1.82) is 0 Å². The predicted molar refractivity (Wildman–Crippen MR) is 98.5 cm³/mol. The van der Waals surface area contributed by atoms with Gasteiger partial charge in [0.25, 0.3) is 0 Å². The maximum absolute atomic E-state index is 12.8. The van der Waals surface area contributed by atoms with Crippen molar-refractivity contribution in [2.24, 2.45) is 11.7 Å². The average molecular weight is 368 g/mol. The molecule has 1 aliphatic heterocycles. The van der Waals surface area contributed by atoms with Gasteiger partial charge in [0, 0.05) is 23.7 Å². The standard InChI is InChI=1S/C19H24N6O2/c20-18(27)14-7-9-15(10-8-14)19-21-23-25(22-19)12-17(26)24-11-3-5-13-4-1-2-6-16(13)24/h7-10,13,16H,1-6,11-12H2,(H2,20,27)/t13-,16-/m1/s1. The first-order valence-electron chi connectivity index (χ1n) is 9.59. The summed E-state index contributed by atoms with van der Waals surface area (Å²) in [7, 11) is 0. The normalized spacial score (nSPS) is 22.3. The first-order chi connectivity index (χ1) is 13.1. The van der Waals surface area contributed by atoms with Gasteiger partial charge in [-0.1, -0.05) is 25.0 Å². The fraction of sp³-hybridized carbons (Fsp3) is 0.526. The van der Waals surface area contributed by atoms with Gasteiger partial charge in [-0.25, -0.2) is 0 Å². The van der Waals surface area contributed by atoms with Crippen LogP contribution in [0.15, 0.2) is 24.3 Å². The molecule has 0 radical (unpaired) electrons. The second-order valence-corrected chi connectivity index (χ2v) is 7.43. The van der Waals surface area contributed by atoms with E-state index in [-0.39, 0.29) is 12.5 Å². The Bertz CT molecular complexity index is 829. The fourth-order valence-corrected chi connectivity index (χ4v) is 4.36. The zero-order valence-corrected chi connectivity index (χ0v) is 15.3. The van der Waals surface area contributed by atoms with Crippen LogP contribution in [0.1, 0.15) is 48.9 Å². The van der Waals surface area contributed by atoms with Crippen molar-refractivity contribution in [2.75, 3.05) is 6.54 Å². The van der Waals surface area contributed by atoms with Crippen LogP contribution in [0, 0.1) is 5.92 Å². The van der Waals surface area contributed by atoms with Crippen LogP contribution < -0.4 is 5.73 Å². The van der Waals surface area contributed by atoms with E-state index in [0.717, 1.165) is 24.9 Å². The van der Waals surface area contributed by atoms with Gasteiger partial charge in [0.15, 0.2) is 0 Å². The highest BCUT2D eigenvalue weighted by atomic mass is 16.2.